The topological polar surface area (TPSA) is 62.0 Å². The fourth-order valence-electron chi connectivity index (χ4n) is 4.40. The Balaban J connectivity index is 1.46. The van der Waals surface area contributed by atoms with Crippen molar-refractivity contribution in [3.8, 4) is 0 Å². The largest absolute Gasteiger partial charge is 0.361 e. The molecular formula is C28H23FN2O2S. The predicted molar refractivity (Wildman–Crippen MR) is 137 cm³/mol. The van der Waals surface area contributed by atoms with E-state index in [1.807, 2.05) is 67.7 Å². The lowest BCUT2D eigenvalue weighted by Crippen LogP contribution is -2.12. The third kappa shape index (κ3) is 4.24. The first kappa shape index (κ1) is 22.0. The molecule has 1 aliphatic rings. The van der Waals surface area contributed by atoms with E-state index in [0.717, 1.165) is 54.9 Å². The molecule has 170 valence electrons. The highest BCUT2D eigenvalue weighted by Crippen LogP contribution is 2.44. The quantitative estimate of drug-likeness (QED) is 0.354. The summed E-state index contributed by atoms with van der Waals surface area (Å²) in [7, 11) is -1.04. The molecule has 4 aromatic rings. The lowest BCUT2D eigenvalue weighted by atomic mass is 10.0. The maximum absolute atomic E-state index is 14.2. The number of H-pyrrole nitrogens is 1. The van der Waals surface area contributed by atoms with Crippen LogP contribution in [0.5, 0.6) is 0 Å². The van der Waals surface area contributed by atoms with Crippen LogP contribution in [0.15, 0.2) is 83.4 Å². The number of benzene rings is 3. The maximum atomic E-state index is 14.2. The van der Waals surface area contributed by atoms with Gasteiger partial charge in [-0.1, -0.05) is 18.2 Å². The van der Waals surface area contributed by atoms with Crippen molar-refractivity contribution >= 4 is 50.5 Å². The van der Waals surface area contributed by atoms with Crippen LogP contribution in [0.4, 0.5) is 10.1 Å². The predicted octanol–water partition coefficient (Wildman–Crippen LogP) is 6.40. The fraction of sp³-hybridized carbons (Fsp3) is 0.107. The Morgan fingerprint density at radius 2 is 1.82 bits per heavy atom. The lowest BCUT2D eigenvalue weighted by Gasteiger charge is -2.09. The standard InChI is InChI=1S/C28H23FN2O2S/c1-17-24(13-18-3-7-22(8-4-18)34(2)33)23-9-5-20(29)15-26(23)25(17)16-28(32)31-21-6-10-27-19(14-21)11-12-30-27/h3-15,30H,16H2,1-2H3,(H,31,32)/b24-13+/t34-/m0/s1. The Hall–Kier alpha value is -3.77. The van der Waals surface area contributed by atoms with Gasteiger partial charge in [0.25, 0.3) is 0 Å². The number of aromatic nitrogens is 1. The van der Waals surface area contributed by atoms with Crippen LogP contribution in [0, 0.1) is 5.82 Å². The van der Waals surface area contributed by atoms with Gasteiger partial charge in [-0.2, -0.15) is 0 Å². The lowest BCUT2D eigenvalue weighted by molar-refractivity contribution is -0.115. The van der Waals surface area contributed by atoms with E-state index in [9.17, 15) is 13.4 Å². The van der Waals surface area contributed by atoms with E-state index in [0.29, 0.717) is 0 Å². The first-order chi connectivity index (χ1) is 16.4. The van der Waals surface area contributed by atoms with Crippen LogP contribution in [0.25, 0.3) is 28.1 Å². The molecule has 6 heteroatoms. The second kappa shape index (κ2) is 8.88. The first-order valence-electron chi connectivity index (χ1n) is 10.9. The minimum Gasteiger partial charge on any atom is -0.361 e. The number of anilines is 1. The molecule has 0 unspecified atom stereocenters. The molecule has 34 heavy (non-hydrogen) atoms. The van der Waals surface area contributed by atoms with Gasteiger partial charge in [0, 0.05) is 44.7 Å². The monoisotopic (exact) mass is 470 g/mol. The zero-order valence-corrected chi connectivity index (χ0v) is 19.6. The average molecular weight is 471 g/mol. The van der Waals surface area contributed by atoms with Crippen molar-refractivity contribution in [2.45, 2.75) is 18.2 Å². The van der Waals surface area contributed by atoms with Crippen LogP contribution < -0.4 is 5.32 Å². The van der Waals surface area contributed by atoms with E-state index >= 15 is 0 Å². The van der Waals surface area contributed by atoms with Gasteiger partial charge < -0.3 is 10.3 Å². The smallest absolute Gasteiger partial charge is 0.228 e. The van der Waals surface area contributed by atoms with Crippen molar-refractivity contribution in [3.05, 3.63) is 101 Å². The summed E-state index contributed by atoms with van der Waals surface area (Å²) >= 11 is 0. The number of allylic oxidation sites excluding steroid dienone is 2. The Morgan fingerprint density at radius 1 is 1.03 bits per heavy atom. The van der Waals surface area contributed by atoms with Crippen molar-refractivity contribution in [2.24, 2.45) is 0 Å². The number of hydrogen-bond donors (Lipinski definition) is 2. The zero-order valence-electron chi connectivity index (χ0n) is 18.8. The van der Waals surface area contributed by atoms with Gasteiger partial charge in [-0.3, -0.25) is 9.00 Å². The van der Waals surface area contributed by atoms with Gasteiger partial charge in [0.05, 0.1) is 6.42 Å². The molecule has 0 saturated carbocycles. The molecule has 1 amide bonds. The normalized spacial score (nSPS) is 15.1. The number of carbonyl (C=O) groups excluding carboxylic acids is 1. The van der Waals surface area contributed by atoms with E-state index in [2.05, 4.69) is 10.3 Å². The minimum absolute atomic E-state index is 0.137. The molecule has 0 radical (unpaired) electrons. The summed E-state index contributed by atoms with van der Waals surface area (Å²) in [6.07, 6.45) is 5.67. The van der Waals surface area contributed by atoms with Crippen molar-refractivity contribution in [1.29, 1.82) is 0 Å². The molecule has 0 spiro atoms. The Kier molecular flexibility index (Phi) is 5.75. The molecule has 0 saturated heterocycles. The van der Waals surface area contributed by atoms with E-state index in [1.54, 1.807) is 12.3 Å². The van der Waals surface area contributed by atoms with E-state index in [4.69, 9.17) is 0 Å². The summed E-state index contributed by atoms with van der Waals surface area (Å²) in [5.74, 6) is -0.492. The minimum atomic E-state index is -1.04. The van der Waals surface area contributed by atoms with Crippen LogP contribution >= 0.6 is 0 Å². The van der Waals surface area contributed by atoms with E-state index in [1.165, 1.54) is 12.1 Å². The summed E-state index contributed by atoms with van der Waals surface area (Å²) in [6.45, 7) is 1.97. The fourth-order valence-corrected chi connectivity index (χ4v) is 4.92. The molecule has 1 heterocycles. The van der Waals surface area contributed by atoms with Crippen molar-refractivity contribution in [3.63, 3.8) is 0 Å². The van der Waals surface area contributed by atoms with Crippen LogP contribution in [0.1, 0.15) is 30.0 Å². The van der Waals surface area contributed by atoms with Crippen LogP contribution in [0.3, 0.4) is 0 Å². The molecule has 1 aromatic heterocycles. The van der Waals surface area contributed by atoms with Crippen LogP contribution in [0.2, 0.25) is 0 Å². The van der Waals surface area contributed by atoms with Gasteiger partial charge in [0.1, 0.15) is 5.82 Å². The number of carbonyl (C=O) groups is 1. The molecule has 1 aliphatic carbocycles. The van der Waals surface area contributed by atoms with E-state index in [-0.39, 0.29) is 18.1 Å². The van der Waals surface area contributed by atoms with Gasteiger partial charge >= 0.3 is 0 Å². The Morgan fingerprint density at radius 3 is 2.59 bits per heavy atom. The van der Waals surface area contributed by atoms with Crippen molar-refractivity contribution < 1.29 is 13.4 Å². The molecular weight excluding hydrogens is 447 g/mol. The van der Waals surface area contributed by atoms with Crippen molar-refractivity contribution in [1.82, 2.24) is 4.98 Å². The molecule has 1 atom stereocenters. The summed E-state index contributed by atoms with van der Waals surface area (Å²) in [5.41, 5.74) is 7.03. The van der Waals surface area contributed by atoms with Crippen molar-refractivity contribution in [2.75, 3.05) is 11.6 Å². The van der Waals surface area contributed by atoms with Gasteiger partial charge in [0.15, 0.2) is 0 Å². The number of hydrogen-bond acceptors (Lipinski definition) is 2. The number of fused-ring (bicyclic) bond motifs is 2. The molecule has 5 rings (SSSR count). The highest BCUT2D eigenvalue weighted by atomic mass is 32.2. The van der Waals surface area contributed by atoms with Gasteiger partial charge in [-0.25, -0.2) is 4.39 Å². The molecule has 0 fully saturated rings. The van der Waals surface area contributed by atoms with Crippen LogP contribution in [-0.4, -0.2) is 21.4 Å². The third-order valence-electron chi connectivity index (χ3n) is 6.15. The summed E-state index contributed by atoms with van der Waals surface area (Å²) in [4.78, 5) is 16.9. The van der Waals surface area contributed by atoms with Gasteiger partial charge in [0.2, 0.25) is 5.91 Å². The van der Waals surface area contributed by atoms with E-state index < -0.39 is 10.8 Å². The number of halogens is 1. The maximum Gasteiger partial charge on any atom is 0.228 e. The second-order valence-electron chi connectivity index (χ2n) is 8.38. The van der Waals surface area contributed by atoms with Gasteiger partial charge in [-0.15, -0.1) is 0 Å². The average Bonchev–Trinajstić information content (AvgIpc) is 3.37. The number of rotatable bonds is 5. The molecule has 4 nitrogen and oxygen atoms in total. The van der Waals surface area contributed by atoms with Gasteiger partial charge in [-0.05, 0) is 94.9 Å². The molecule has 0 bridgehead atoms. The molecule has 2 N–H and O–H groups in total. The summed E-state index contributed by atoms with van der Waals surface area (Å²) in [5, 5.41) is 3.99. The Bertz CT molecular complexity index is 1510. The number of aromatic amines is 1. The number of nitrogens with one attached hydrogen (secondary N) is 2. The highest BCUT2D eigenvalue weighted by Gasteiger charge is 2.26. The zero-order chi connectivity index (χ0) is 23.8. The SMILES string of the molecule is CC1=C(CC(=O)Nc2ccc3[nH]ccc3c2)c2cc(F)ccc2/C1=C/c1ccc([S@](C)=O)cc1. The third-order valence-corrected chi connectivity index (χ3v) is 7.09. The Labute approximate surface area is 199 Å². The molecule has 3 aromatic carbocycles. The summed E-state index contributed by atoms with van der Waals surface area (Å²) < 4.78 is 25.9. The number of amides is 1. The molecule has 0 aliphatic heterocycles. The highest BCUT2D eigenvalue weighted by molar-refractivity contribution is 7.84. The first-order valence-corrected chi connectivity index (χ1v) is 12.5. The van der Waals surface area contributed by atoms with Crippen LogP contribution in [-0.2, 0) is 15.6 Å². The second-order valence-corrected chi connectivity index (χ2v) is 9.76. The summed E-state index contributed by atoms with van der Waals surface area (Å²) in [6, 6.07) is 19.9.